The van der Waals surface area contributed by atoms with Gasteiger partial charge in [0.05, 0.1) is 24.2 Å². The molecule has 1 spiro atoms. The highest BCUT2D eigenvalue weighted by Crippen LogP contribution is 2.38. The van der Waals surface area contributed by atoms with Crippen molar-refractivity contribution in [2.24, 2.45) is 0 Å². The smallest absolute Gasteiger partial charge is 0.251 e. The Balaban J connectivity index is 1.37. The molecule has 186 valence electrons. The zero-order valence-corrected chi connectivity index (χ0v) is 20.0. The SMILES string of the molecule is CC(C)c1cccc(C(=O)NC2CN3C(=N)N[C@@H](CN4C(=O)CCC4=O)[C@@H]4NC(=N)NCC43C2)c1. The Kier molecular flexibility index (Phi) is 5.65. The van der Waals surface area contributed by atoms with Gasteiger partial charge in [-0.05, 0) is 30.0 Å². The summed E-state index contributed by atoms with van der Waals surface area (Å²) in [7, 11) is 0. The zero-order chi connectivity index (χ0) is 24.9. The first-order valence-corrected chi connectivity index (χ1v) is 12.1. The van der Waals surface area contributed by atoms with Gasteiger partial charge in [0, 0.05) is 37.5 Å². The molecule has 4 atom stereocenters. The number of likely N-dealkylation sites (tertiary alicyclic amines) is 1. The first kappa shape index (κ1) is 23.1. The van der Waals surface area contributed by atoms with Crippen LogP contribution in [-0.4, -0.2) is 82.7 Å². The molecule has 35 heavy (non-hydrogen) atoms. The summed E-state index contributed by atoms with van der Waals surface area (Å²) < 4.78 is 0. The third-order valence-electron chi connectivity index (χ3n) is 7.67. The fourth-order valence-corrected chi connectivity index (χ4v) is 5.86. The Hall–Kier alpha value is -3.63. The Morgan fingerprint density at radius 3 is 2.66 bits per heavy atom. The first-order valence-electron chi connectivity index (χ1n) is 12.1. The minimum Gasteiger partial charge on any atom is -0.354 e. The molecule has 0 radical (unpaired) electrons. The minimum atomic E-state index is -0.596. The second-order valence-corrected chi connectivity index (χ2v) is 10.2. The topological polar surface area (TPSA) is 154 Å². The molecule has 1 aromatic carbocycles. The number of rotatable bonds is 5. The summed E-state index contributed by atoms with van der Waals surface area (Å²) in [6, 6.07) is 6.65. The second-order valence-electron chi connectivity index (χ2n) is 10.2. The number of hydrogen-bond donors (Lipinski definition) is 6. The lowest BCUT2D eigenvalue weighted by molar-refractivity contribution is -0.139. The molecule has 6 N–H and O–H groups in total. The van der Waals surface area contributed by atoms with Crippen LogP contribution in [0.25, 0.3) is 0 Å². The number of carbonyl (C=O) groups is 3. The summed E-state index contributed by atoms with van der Waals surface area (Å²) in [6.07, 6.45) is 0.979. The molecule has 4 fully saturated rings. The van der Waals surface area contributed by atoms with E-state index in [9.17, 15) is 14.4 Å². The molecule has 0 aliphatic carbocycles. The average molecular weight is 481 g/mol. The van der Waals surface area contributed by atoms with Gasteiger partial charge in [0.2, 0.25) is 11.8 Å². The highest BCUT2D eigenvalue weighted by molar-refractivity contribution is 6.02. The van der Waals surface area contributed by atoms with Gasteiger partial charge in [-0.1, -0.05) is 26.0 Å². The van der Waals surface area contributed by atoms with Gasteiger partial charge < -0.3 is 26.2 Å². The van der Waals surface area contributed by atoms with Crippen LogP contribution in [0.2, 0.25) is 0 Å². The lowest BCUT2D eigenvalue weighted by Gasteiger charge is -2.55. The average Bonchev–Trinajstić information content (AvgIpc) is 3.35. The van der Waals surface area contributed by atoms with E-state index in [2.05, 4.69) is 35.1 Å². The third-order valence-corrected chi connectivity index (χ3v) is 7.67. The summed E-state index contributed by atoms with van der Waals surface area (Å²) in [4.78, 5) is 40.8. The summed E-state index contributed by atoms with van der Waals surface area (Å²) >= 11 is 0. The zero-order valence-electron chi connectivity index (χ0n) is 20.0. The number of nitrogens with zero attached hydrogens (tertiary/aromatic N) is 2. The van der Waals surface area contributed by atoms with Gasteiger partial charge in [-0.15, -0.1) is 0 Å². The van der Waals surface area contributed by atoms with Crippen molar-refractivity contribution < 1.29 is 14.4 Å². The van der Waals surface area contributed by atoms with Gasteiger partial charge in [-0.2, -0.15) is 0 Å². The van der Waals surface area contributed by atoms with Gasteiger partial charge in [0.25, 0.3) is 5.91 Å². The van der Waals surface area contributed by atoms with E-state index in [0.29, 0.717) is 31.0 Å². The molecular formula is C24H32N8O3. The Bertz CT molecular complexity index is 1090. The number of amides is 3. The number of hydrogen-bond acceptors (Lipinski definition) is 5. The van der Waals surface area contributed by atoms with Crippen LogP contribution >= 0.6 is 0 Å². The predicted molar refractivity (Wildman–Crippen MR) is 129 cm³/mol. The van der Waals surface area contributed by atoms with Crippen molar-refractivity contribution in [3.63, 3.8) is 0 Å². The maximum absolute atomic E-state index is 13.1. The van der Waals surface area contributed by atoms with Crippen LogP contribution in [0.4, 0.5) is 0 Å². The monoisotopic (exact) mass is 480 g/mol. The van der Waals surface area contributed by atoms with Gasteiger partial charge >= 0.3 is 0 Å². The largest absolute Gasteiger partial charge is 0.354 e. The van der Waals surface area contributed by atoms with E-state index in [4.69, 9.17) is 10.8 Å². The number of nitrogens with one attached hydrogen (secondary N) is 6. The molecule has 3 amide bonds. The fraction of sp³-hybridized carbons (Fsp3) is 0.542. The first-order chi connectivity index (χ1) is 16.7. The summed E-state index contributed by atoms with van der Waals surface area (Å²) in [5.41, 5.74) is 1.11. The van der Waals surface area contributed by atoms with Crippen molar-refractivity contribution in [2.45, 2.75) is 62.7 Å². The van der Waals surface area contributed by atoms with Crippen molar-refractivity contribution in [1.82, 2.24) is 31.1 Å². The van der Waals surface area contributed by atoms with Gasteiger partial charge in [0.1, 0.15) is 0 Å². The maximum Gasteiger partial charge on any atom is 0.251 e. The van der Waals surface area contributed by atoms with Crippen molar-refractivity contribution >= 4 is 29.6 Å². The summed E-state index contributed by atoms with van der Waals surface area (Å²) in [5.74, 6) is 0.112. The number of benzene rings is 1. The van der Waals surface area contributed by atoms with E-state index in [1.165, 1.54) is 4.90 Å². The molecule has 11 heteroatoms. The molecule has 5 rings (SSSR count). The lowest BCUT2D eigenvalue weighted by Crippen LogP contribution is -2.81. The van der Waals surface area contributed by atoms with Crippen molar-refractivity contribution in [1.29, 1.82) is 10.8 Å². The quantitative estimate of drug-likeness (QED) is 0.322. The molecule has 0 bridgehead atoms. The maximum atomic E-state index is 13.1. The van der Waals surface area contributed by atoms with Crippen molar-refractivity contribution in [2.75, 3.05) is 19.6 Å². The van der Waals surface area contributed by atoms with E-state index in [0.717, 1.165) is 5.56 Å². The van der Waals surface area contributed by atoms with E-state index in [1.807, 2.05) is 23.1 Å². The third kappa shape index (κ3) is 3.98. The molecule has 11 nitrogen and oxygen atoms in total. The van der Waals surface area contributed by atoms with Gasteiger partial charge in [-0.25, -0.2) is 0 Å². The normalized spacial score (nSPS) is 30.0. The van der Waals surface area contributed by atoms with Crippen molar-refractivity contribution in [3.05, 3.63) is 35.4 Å². The molecule has 0 aromatic heterocycles. The van der Waals surface area contributed by atoms with Gasteiger partial charge in [-0.3, -0.25) is 30.1 Å². The highest BCUT2D eigenvalue weighted by atomic mass is 16.2. The van der Waals surface area contributed by atoms with Crippen molar-refractivity contribution in [3.8, 4) is 0 Å². The fourth-order valence-electron chi connectivity index (χ4n) is 5.86. The van der Waals surface area contributed by atoms with Gasteiger partial charge in [0.15, 0.2) is 11.9 Å². The summed E-state index contributed by atoms with van der Waals surface area (Å²) in [5, 5.41) is 29.4. The lowest BCUT2D eigenvalue weighted by atomic mass is 9.78. The van der Waals surface area contributed by atoms with Crippen LogP contribution in [0.5, 0.6) is 0 Å². The van der Waals surface area contributed by atoms with Crippen LogP contribution in [0, 0.1) is 10.8 Å². The molecule has 0 saturated carbocycles. The van der Waals surface area contributed by atoms with Crippen LogP contribution in [0.1, 0.15) is 54.9 Å². The number of guanidine groups is 2. The van der Waals surface area contributed by atoms with Crippen LogP contribution in [0.15, 0.2) is 24.3 Å². The number of carbonyl (C=O) groups excluding carboxylic acids is 3. The number of imide groups is 1. The van der Waals surface area contributed by atoms with E-state index < -0.39 is 11.6 Å². The minimum absolute atomic E-state index is 0.138. The molecule has 1 aromatic rings. The predicted octanol–water partition coefficient (Wildman–Crippen LogP) is -0.0954. The molecule has 4 aliphatic heterocycles. The standard InChI is InChI=1S/C24H32N8O3/c1-13(2)14-4-3-5-15(8-14)21(35)28-16-9-24-12-27-22(25)30-20(24)17(29-23(26)32(24)10-16)11-31-18(33)6-7-19(31)34/h3-5,8,13,16-17,20H,6-7,9-12H2,1-2H3,(H2,26,29)(H,28,35)(H3,25,27,30)/t16?,17-,20-,24?/m0/s1. The molecule has 4 aliphatic rings. The molecular weight excluding hydrogens is 448 g/mol. The molecule has 4 saturated heterocycles. The molecule has 4 heterocycles. The highest BCUT2D eigenvalue weighted by Gasteiger charge is 2.59. The molecule has 2 unspecified atom stereocenters. The van der Waals surface area contributed by atoms with E-state index in [1.54, 1.807) is 6.07 Å². The Labute approximate surface area is 204 Å². The Morgan fingerprint density at radius 1 is 1.20 bits per heavy atom. The summed E-state index contributed by atoms with van der Waals surface area (Å²) in [6.45, 7) is 5.18. The van der Waals surface area contributed by atoms with E-state index >= 15 is 0 Å². The van der Waals surface area contributed by atoms with Crippen LogP contribution in [-0.2, 0) is 9.59 Å². The van der Waals surface area contributed by atoms with E-state index in [-0.39, 0.29) is 61.1 Å². The van der Waals surface area contributed by atoms with Crippen LogP contribution in [0.3, 0.4) is 0 Å². The second kappa shape index (κ2) is 8.54. The van der Waals surface area contributed by atoms with Crippen LogP contribution < -0.4 is 21.3 Å². The Morgan fingerprint density at radius 2 is 1.94 bits per heavy atom.